The maximum absolute atomic E-state index is 11.5. The van der Waals surface area contributed by atoms with Crippen molar-refractivity contribution in [3.05, 3.63) is 29.3 Å². The van der Waals surface area contributed by atoms with Gasteiger partial charge >= 0.3 is 5.97 Å². The highest BCUT2D eigenvalue weighted by molar-refractivity contribution is 9.10. The monoisotopic (exact) mass is 328 g/mol. The van der Waals surface area contributed by atoms with Crippen LogP contribution in [0.4, 0.5) is 0 Å². The molecule has 0 amide bonds. The van der Waals surface area contributed by atoms with E-state index in [0.717, 1.165) is 5.56 Å². The van der Waals surface area contributed by atoms with Gasteiger partial charge in [-0.3, -0.25) is 4.79 Å². The van der Waals surface area contributed by atoms with Crippen LogP contribution in [0.5, 0.6) is 5.75 Å². The molecule has 1 aromatic carbocycles. The number of aliphatic hydroxyl groups is 1. The molecule has 104 valence electrons. The lowest BCUT2D eigenvalue weighted by atomic mass is 9.78. The number of methoxy groups -OCH3 is 1. The van der Waals surface area contributed by atoms with Crippen LogP contribution >= 0.6 is 15.9 Å². The number of fused-ring (bicyclic) bond motifs is 1. The Labute approximate surface area is 120 Å². The maximum atomic E-state index is 11.5. The Bertz CT molecular complexity index is 526. The summed E-state index contributed by atoms with van der Waals surface area (Å²) in [5, 5.41) is 20.4. The number of ether oxygens (including phenoxy) is 1. The summed E-state index contributed by atoms with van der Waals surface area (Å²) in [7, 11) is 1.55. The minimum atomic E-state index is -1.47. The number of alkyl halides is 1. The van der Waals surface area contributed by atoms with Crippen LogP contribution in [0.2, 0.25) is 0 Å². The van der Waals surface area contributed by atoms with Crippen molar-refractivity contribution in [1.29, 1.82) is 0 Å². The summed E-state index contributed by atoms with van der Waals surface area (Å²) < 4.78 is 3.72. The number of halogens is 1. The summed E-state index contributed by atoms with van der Waals surface area (Å²) in [4.78, 5) is 11.5. The molecule has 2 rings (SSSR count). The van der Waals surface area contributed by atoms with Gasteiger partial charge in [-0.1, -0.05) is 28.9 Å². The van der Waals surface area contributed by atoms with Crippen LogP contribution in [0, 0.1) is 5.92 Å². The molecular weight excluding hydrogens is 312 g/mol. The molecule has 0 saturated carbocycles. The second-order valence-corrected chi connectivity index (χ2v) is 6.79. The second-order valence-electron chi connectivity index (χ2n) is 5.20. The van der Waals surface area contributed by atoms with Crippen LogP contribution in [0.1, 0.15) is 25.0 Å². The summed E-state index contributed by atoms with van der Waals surface area (Å²) in [5.41, 5.74) is 0.117. The topological polar surface area (TPSA) is 66.8 Å². The lowest BCUT2D eigenvalue weighted by molar-refractivity contribution is -0.150. The number of carboxylic acids is 1. The molecule has 0 heterocycles. The molecule has 1 aliphatic rings. The molecule has 0 fully saturated rings. The normalized spacial score (nSPS) is 28.6. The fourth-order valence-electron chi connectivity index (χ4n) is 2.84. The lowest BCUT2D eigenvalue weighted by Gasteiger charge is -2.39. The van der Waals surface area contributed by atoms with Crippen LogP contribution in [0.3, 0.4) is 0 Å². The summed E-state index contributed by atoms with van der Waals surface area (Å²) in [6.07, 6.45) is 0.643. The van der Waals surface area contributed by atoms with Gasteiger partial charge in [-0.05, 0) is 42.5 Å². The van der Waals surface area contributed by atoms with E-state index < -0.39 is 15.9 Å². The zero-order chi connectivity index (χ0) is 14.4. The number of carboxylic acid groups (broad SMARTS) is 1. The van der Waals surface area contributed by atoms with E-state index in [-0.39, 0.29) is 5.92 Å². The minimum Gasteiger partial charge on any atom is -0.497 e. The van der Waals surface area contributed by atoms with Crippen molar-refractivity contribution < 1.29 is 19.7 Å². The Hall–Kier alpha value is -1.07. The molecule has 0 bridgehead atoms. The molecule has 0 saturated heterocycles. The van der Waals surface area contributed by atoms with E-state index in [2.05, 4.69) is 15.9 Å². The Morgan fingerprint density at radius 3 is 2.74 bits per heavy atom. The first-order chi connectivity index (χ1) is 8.75. The number of benzene rings is 1. The summed E-state index contributed by atoms with van der Waals surface area (Å²) in [6, 6.07) is 5.43. The molecule has 4 nitrogen and oxygen atoms in total. The average molecular weight is 329 g/mol. The van der Waals surface area contributed by atoms with Gasteiger partial charge < -0.3 is 14.9 Å². The summed E-state index contributed by atoms with van der Waals surface area (Å²) in [5.74, 6) is -0.674. The third kappa shape index (κ3) is 1.87. The van der Waals surface area contributed by atoms with Gasteiger partial charge in [0.2, 0.25) is 0 Å². The van der Waals surface area contributed by atoms with Crippen LogP contribution < -0.4 is 4.74 Å². The van der Waals surface area contributed by atoms with E-state index in [0.29, 0.717) is 17.7 Å². The quantitative estimate of drug-likeness (QED) is 0.835. The van der Waals surface area contributed by atoms with Crippen molar-refractivity contribution in [1.82, 2.24) is 0 Å². The van der Waals surface area contributed by atoms with Gasteiger partial charge in [0.1, 0.15) is 11.4 Å². The van der Waals surface area contributed by atoms with Gasteiger partial charge in [0.25, 0.3) is 0 Å². The van der Waals surface area contributed by atoms with Crippen LogP contribution in [-0.4, -0.2) is 27.6 Å². The molecule has 3 atom stereocenters. The number of hydrogen-bond donors (Lipinski definition) is 2. The minimum absolute atomic E-state index is 0.199. The molecule has 2 N–H and O–H groups in total. The van der Waals surface area contributed by atoms with E-state index in [1.165, 1.54) is 6.92 Å². The number of rotatable bonds is 3. The maximum Gasteiger partial charge on any atom is 0.323 e. The van der Waals surface area contributed by atoms with Crippen LogP contribution in [0.25, 0.3) is 0 Å². The Balaban J connectivity index is 2.63. The predicted octanol–water partition coefficient (Wildman–Crippen LogP) is 2.31. The fourth-order valence-corrected chi connectivity index (χ4v) is 3.44. The standard InChI is InChI=1S/C14H17BrO4/c1-8-6-9-4-5-10(19-3)7-11(9)14(8,18)13(2,15)12(16)17/h4-5,7-8,18H,6H2,1-3H3,(H,16,17). The predicted molar refractivity (Wildman–Crippen MR) is 74.7 cm³/mol. The fraction of sp³-hybridized carbons (Fsp3) is 0.500. The molecule has 0 aliphatic heterocycles. The summed E-state index contributed by atoms with van der Waals surface area (Å²) in [6.45, 7) is 3.34. The van der Waals surface area contributed by atoms with Crippen molar-refractivity contribution in [2.75, 3.05) is 7.11 Å². The lowest BCUT2D eigenvalue weighted by Crippen LogP contribution is -2.52. The number of aliphatic carboxylic acids is 1. The smallest absolute Gasteiger partial charge is 0.323 e. The Morgan fingerprint density at radius 2 is 2.21 bits per heavy atom. The number of hydrogen-bond acceptors (Lipinski definition) is 3. The molecule has 19 heavy (non-hydrogen) atoms. The van der Waals surface area contributed by atoms with Gasteiger partial charge in [-0.2, -0.15) is 0 Å². The van der Waals surface area contributed by atoms with E-state index in [1.807, 2.05) is 19.1 Å². The second kappa shape index (κ2) is 4.49. The van der Waals surface area contributed by atoms with E-state index in [4.69, 9.17) is 4.74 Å². The average Bonchev–Trinajstić information content (AvgIpc) is 2.62. The van der Waals surface area contributed by atoms with E-state index in [9.17, 15) is 15.0 Å². The van der Waals surface area contributed by atoms with Crippen molar-refractivity contribution in [3.63, 3.8) is 0 Å². The van der Waals surface area contributed by atoms with E-state index >= 15 is 0 Å². The van der Waals surface area contributed by atoms with Crippen molar-refractivity contribution >= 4 is 21.9 Å². The first-order valence-corrected chi connectivity index (χ1v) is 6.86. The Morgan fingerprint density at radius 1 is 1.58 bits per heavy atom. The van der Waals surface area contributed by atoms with Gasteiger partial charge in [0, 0.05) is 0 Å². The van der Waals surface area contributed by atoms with Gasteiger partial charge in [-0.15, -0.1) is 0 Å². The molecule has 3 unspecified atom stereocenters. The summed E-state index contributed by atoms with van der Waals surface area (Å²) >= 11 is 3.20. The van der Waals surface area contributed by atoms with Gasteiger partial charge in [0.05, 0.1) is 7.11 Å². The van der Waals surface area contributed by atoms with Gasteiger partial charge in [0.15, 0.2) is 4.32 Å². The highest BCUT2D eigenvalue weighted by Crippen LogP contribution is 2.52. The highest BCUT2D eigenvalue weighted by atomic mass is 79.9. The van der Waals surface area contributed by atoms with Crippen molar-refractivity contribution in [2.45, 2.75) is 30.2 Å². The molecule has 0 aromatic heterocycles. The molecule has 0 spiro atoms. The Kier molecular flexibility index (Phi) is 3.39. The van der Waals surface area contributed by atoms with Crippen molar-refractivity contribution in [2.24, 2.45) is 5.92 Å². The zero-order valence-corrected chi connectivity index (χ0v) is 12.7. The molecular formula is C14H17BrO4. The van der Waals surface area contributed by atoms with Gasteiger partial charge in [-0.25, -0.2) is 0 Å². The van der Waals surface area contributed by atoms with E-state index in [1.54, 1.807) is 13.2 Å². The molecule has 0 radical (unpaired) electrons. The van der Waals surface area contributed by atoms with Crippen LogP contribution in [-0.2, 0) is 16.8 Å². The third-order valence-corrected chi connectivity index (χ3v) is 5.03. The molecule has 1 aliphatic carbocycles. The first-order valence-electron chi connectivity index (χ1n) is 6.07. The number of carbonyl (C=O) groups is 1. The molecule has 1 aromatic rings. The largest absolute Gasteiger partial charge is 0.497 e. The molecule has 5 heteroatoms. The van der Waals surface area contributed by atoms with Crippen molar-refractivity contribution in [3.8, 4) is 5.75 Å². The zero-order valence-electron chi connectivity index (χ0n) is 11.1. The third-order valence-electron chi connectivity index (χ3n) is 4.08. The highest BCUT2D eigenvalue weighted by Gasteiger charge is 2.58. The first kappa shape index (κ1) is 14.3. The van der Waals surface area contributed by atoms with Crippen LogP contribution in [0.15, 0.2) is 18.2 Å². The SMILES string of the molecule is COc1ccc2c(c1)C(O)(C(C)(Br)C(=O)O)C(C)C2.